The minimum Gasteiger partial charge on any atom is -0.492 e. The first-order chi connectivity index (χ1) is 16.6. The maximum absolute atomic E-state index is 12.5. The van der Waals surface area contributed by atoms with Crippen molar-refractivity contribution in [2.75, 3.05) is 26.2 Å². The number of pyridine rings is 1. The van der Waals surface area contributed by atoms with Crippen LogP contribution in [0.3, 0.4) is 0 Å². The van der Waals surface area contributed by atoms with Crippen molar-refractivity contribution in [1.29, 1.82) is 0 Å². The molecule has 1 saturated heterocycles. The number of fused-ring (bicyclic) bond motifs is 5. The second-order valence-electron chi connectivity index (χ2n) is 9.32. The van der Waals surface area contributed by atoms with E-state index in [4.69, 9.17) is 9.15 Å². The Morgan fingerprint density at radius 3 is 2.68 bits per heavy atom. The maximum Gasteiger partial charge on any atom is 0.344 e. The highest BCUT2D eigenvalue weighted by molar-refractivity contribution is 5.82. The third-order valence-electron chi connectivity index (χ3n) is 7.02. The molecule has 2 aromatic carbocycles. The van der Waals surface area contributed by atoms with Gasteiger partial charge in [-0.05, 0) is 42.2 Å². The molecule has 4 aromatic rings. The van der Waals surface area contributed by atoms with Crippen LogP contribution >= 0.6 is 0 Å². The van der Waals surface area contributed by atoms with Gasteiger partial charge in [0.25, 0.3) is 5.56 Å². The number of hydrogen-bond donors (Lipinski definition) is 0. The molecule has 0 amide bonds. The van der Waals surface area contributed by atoms with Crippen LogP contribution < -0.4 is 15.9 Å². The molecule has 4 heterocycles. The number of aromatic nitrogens is 1. The van der Waals surface area contributed by atoms with Crippen molar-refractivity contribution in [2.24, 2.45) is 5.92 Å². The molecule has 0 spiro atoms. The molecular formula is C28H26N2O4. The van der Waals surface area contributed by atoms with Crippen LogP contribution in [0.5, 0.6) is 5.75 Å². The van der Waals surface area contributed by atoms with E-state index < -0.39 is 0 Å². The minimum absolute atomic E-state index is 0.114. The summed E-state index contributed by atoms with van der Waals surface area (Å²) in [6.07, 6.45) is 1.15. The van der Waals surface area contributed by atoms with Crippen LogP contribution in [0.25, 0.3) is 22.1 Å². The van der Waals surface area contributed by atoms with E-state index in [1.54, 1.807) is 12.1 Å². The average Bonchev–Trinajstić information content (AvgIpc) is 2.85. The van der Waals surface area contributed by atoms with Gasteiger partial charge in [-0.25, -0.2) is 4.79 Å². The summed E-state index contributed by atoms with van der Waals surface area (Å²) in [5, 5.41) is 0.864. The summed E-state index contributed by atoms with van der Waals surface area (Å²) in [5.41, 5.74) is 2.85. The number of benzene rings is 2. The van der Waals surface area contributed by atoms with Crippen LogP contribution in [-0.4, -0.2) is 35.7 Å². The van der Waals surface area contributed by atoms with Crippen molar-refractivity contribution in [3.05, 3.63) is 99.3 Å². The van der Waals surface area contributed by atoms with Gasteiger partial charge in [0.15, 0.2) is 0 Å². The zero-order valence-electron chi connectivity index (χ0n) is 18.9. The van der Waals surface area contributed by atoms with Gasteiger partial charge in [-0.1, -0.05) is 36.4 Å². The lowest BCUT2D eigenvalue weighted by Gasteiger charge is -2.42. The summed E-state index contributed by atoms with van der Waals surface area (Å²) in [6, 6.07) is 22.7. The summed E-state index contributed by atoms with van der Waals surface area (Å²) < 4.78 is 13.6. The Morgan fingerprint density at radius 2 is 1.79 bits per heavy atom. The Kier molecular flexibility index (Phi) is 5.30. The van der Waals surface area contributed by atoms with Crippen molar-refractivity contribution in [1.82, 2.24) is 9.47 Å². The molecule has 6 rings (SSSR count). The Morgan fingerprint density at radius 1 is 0.912 bits per heavy atom. The minimum atomic E-state index is -0.352. The largest absolute Gasteiger partial charge is 0.492 e. The molecule has 2 aliphatic rings. The summed E-state index contributed by atoms with van der Waals surface area (Å²) in [5.74, 6) is 1.59. The van der Waals surface area contributed by atoms with E-state index in [1.807, 2.05) is 59.2 Å². The molecule has 2 aliphatic heterocycles. The molecule has 172 valence electrons. The van der Waals surface area contributed by atoms with Crippen molar-refractivity contribution >= 4 is 11.0 Å². The zero-order valence-corrected chi connectivity index (χ0v) is 18.9. The van der Waals surface area contributed by atoms with E-state index in [1.165, 1.54) is 0 Å². The van der Waals surface area contributed by atoms with Gasteiger partial charge in [0, 0.05) is 55.3 Å². The highest BCUT2D eigenvalue weighted by Gasteiger charge is 2.34. The second kappa shape index (κ2) is 8.61. The first-order valence-electron chi connectivity index (χ1n) is 11.8. The molecule has 2 aromatic heterocycles. The Labute approximate surface area is 197 Å². The predicted octanol–water partition coefficient (Wildman–Crippen LogP) is 4.12. The standard InChI is InChI=1S/C28H26N2O4/c31-27-8-4-7-25-22-13-19(17-30(25)27)16-29(18-22)11-12-33-23-10-9-21-14-24(20-5-2-1-3-6-20)28(32)34-26(21)15-23/h1-10,14-15,19,22H,11-13,16-18H2/t19-,22+/m1/s1. The molecule has 6 nitrogen and oxygen atoms in total. The molecule has 2 bridgehead atoms. The van der Waals surface area contributed by atoms with Crippen LogP contribution in [0.2, 0.25) is 0 Å². The van der Waals surface area contributed by atoms with E-state index >= 15 is 0 Å². The Bertz CT molecular complexity index is 1460. The van der Waals surface area contributed by atoms with Gasteiger partial charge in [-0.15, -0.1) is 0 Å². The summed E-state index contributed by atoms with van der Waals surface area (Å²) in [7, 11) is 0. The van der Waals surface area contributed by atoms with Gasteiger partial charge in [-0.2, -0.15) is 0 Å². The molecule has 6 heteroatoms. The molecule has 2 atom stereocenters. The van der Waals surface area contributed by atoms with Crippen molar-refractivity contribution in [3.8, 4) is 16.9 Å². The smallest absolute Gasteiger partial charge is 0.344 e. The lowest BCUT2D eigenvalue weighted by molar-refractivity contribution is 0.104. The number of hydrogen-bond acceptors (Lipinski definition) is 5. The lowest BCUT2D eigenvalue weighted by atomic mass is 9.83. The SMILES string of the molecule is O=c1oc2cc(OCCN3C[C@H]4C[C@@H](C3)c3cccc(=O)n3C4)ccc2cc1-c1ccccc1. The monoisotopic (exact) mass is 454 g/mol. The van der Waals surface area contributed by atoms with Gasteiger partial charge in [-0.3, -0.25) is 9.69 Å². The van der Waals surface area contributed by atoms with E-state index in [9.17, 15) is 9.59 Å². The van der Waals surface area contributed by atoms with Crippen LogP contribution in [0.4, 0.5) is 0 Å². The van der Waals surface area contributed by atoms with Crippen molar-refractivity contribution in [3.63, 3.8) is 0 Å². The number of likely N-dealkylation sites (tertiary alicyclic amines) is 1. The fraction of sp³-hybridized carbons (Fsp3) is 0.286. The van der Waals surface area contributed by atoms with Gasteiger partial charge in [0.05, 0.1) is 5.56 Å². The summed E-state index contributed by atoms with van der Waals surface area (Å²) >= 11 is 0. The third-order valence-corrected chi connectivity index (χ3v) is 7.02. The molecule has 0 N–H and O–H groups in total. The Hall–Kier alpha value is -3.64. The van der Waals surface area contributed by atoms with Crippen molar-refractivity contribution < 1.29 is 9.15 Å². The molecular weight excluding hydrogens is 428 g/mol. The second-order valence-corrected chi connectivity index (χ2v) is 9.32. The average molecular weight is 455 g/mol. The van der Waals surface area contributed by atoms with Crippen LogP contribution in [0.15, 0.2) is 86.8 Å². The Balaban J connectivity index is 1.12. The van der Waals surface area contributed by atoms with Crippen molar-refractivity contribution in [2.45, 2.75) is 18.9 Å². The number of piperidine rings is 1. The number of nitrogens with zero attached hydrogens (tertiary/aromatic N) is 2. The highest BCUT2D eigenvalue weighted by atomic mass is 16.5. The van der Waals surface area contributed by atoms with Gasteiger partial charge >= 0.3 is 5.63 Å². The third kappa shape index (κ3) is 3.94. The molecule has 0 radical (unpaired) electrons. The number of ether oxygens (including phenoxy) is 1. The van der Waals surface area contributed by atoms with E-state index in [2.05, 4.69) is 11.0 Å². The number of rotatable bonds is 5. The van der Waals surface area contributed by atoms with E-state index in [-0.39, 0.29) is 11.2 Å². The fourth-order valence-corrected chi connectivity index (χ4v) is 5.47. The predicted molar refractivity (Wildman–Crippen MR) is 131 cm³/mol. The first kappa shape index (κ1) is 20.9. The lowest BCUT2D eigenvalue weighted by Crippen LogP contribution is -2.48. The highest BCUT2D eigenvalue weighted by Crippen LogP contribution is 2.34. The summed E-state index contributed by atoms with van der Waals surface area (Å²) in [4.78, 5) is 27.2. The molecule has 34 heavy (non-hydrogen) atoms. The normalized spacial score (nSPS) is 19.6. The van der Waals surface area contributed by atoms with Gasteiger partial charge < -0.3 is 13.7 Å². The van der Waals surface area contributed by atoms with Crippen LogP contribution in [-0.2, 0) is 6.54 Å². The van der Waals surface area contributed by atoms with E-state index in [0.29, 0.717) is 35.3 Å². The molecule has 0 saturated carbocycles. The van der Waals surface area contributed by atoms with Gasteiger partial charge in [0.2, 0.25) is 0 Å². The zero-order chi connectivity index (χ0) is 23.1. The maximum atomic E-state index is 12.5. The summed E-state index contributed by atoms with van der Waals surface area (Å²) in [6.45, 7) is 4.10. The van der Waals surface area contributed by atoms with Crippen LogP contribution in [0.1, 0.15) is 18.0 Å². The van der Waals surface area contributed by atoms with Crippen LogP contribution in [0, 0.1) is 5.92 Å². The topological polar surface area (TPSA) is 64.7 Å². The molecule has 1 fully saturated rings. The molecule has 0 unspecified atom stereocenters. The first-order valence-corrected chi connectivity index (χ1v) is 11.8. The van der Waals surface area contributed by atoms with Gasteiger partial charge in [0.1, 0.15) is 17.9 Å². The quantitative estimate of drug-likeness (QED) is 0.425. The fourth-order valence-electron chi connectivity index (χ4n) is 5.47. The van der Waals surface area contributed by atoms with E-state index in [0.717, 1.165) is 49.2 Å². The molecule has 0 aliphatic carbocycles.